The number of alkyl halides is 3. The first-order chi connectivity index (χ1) is 12.2. The number of aromatic nitrogens is 1. The van der Waals surface area contributed by atoms with Gasteiger partial charge in [0.25, 0.3) is 0 Å². The molecule has 0 amide bonds. The topological polar surface area (TPSA) is 92.5 Å². The number of benzene rings is 1. The van der Waals surface area contributed by atoms with Crippen LogP contribution in [-0.2, 0) is 6.18 Å². The molecule has 0 fully saturated rings. The van der Waals surface area contributed by atoms with Crippen molar-refractivity contribution in [2.75, 3.05) is 23.8 Å². The molecule has 0 bridgehead atoms. The number of aliphatic hydroxyl groups excluding tert-OH is 1. The molecule has 138 valence electrons. The number of pyridine rings is 1. The van der Waals surface area contributed by atoms with Crippen molar-refractivity contribution in [3.63, 3.8) is 0 Å². The van der Waals surface area contributed by atoms with Gasteiger partial charge in [-0.25, -0.2) is 4.98 Å². The van der Waals surface area contributed by atoms with Gasteiger partial charge >= 0.3 is 13.2 Å². The summed E-state index contributed by atoms with van der Waals surface area (Å²) in [5.41, 5.74) is 0.153. The van der Waals surface area contributed by atoms with Gasteiger partial charge in [0, 0.05) is 18.3 Å². The predicted molar refractivity (Wildman–Crippen MR) is 95.1 cm³/mol. The summed E-state index contributed by atoms with van der Waals surface area (Å²) in [7, 11) is 0.524. The van der Waals surface area contributed by atoms with Gasteiger partial charge in [-0.1, -0.05) is 0 Å². The molecule has 1 aromatic heterocycles. The fourth-order valence-electron chi connectivity index (χ4n) is 2.42. The number of rotatable bonds is 6. The van der Waals surface area contributed by atoms with E-state index >= 15 is 0 Å². The Kier molecular flexibility index (Phi) is 5.88. The smallest absolute Gasteiger partial charge is 0.416 e. The third kappa shape index (κ3) is 4.14. The van der Waals surface area contributed by atoms with E-state index in [1.165, 1.54) is 30.0 Å². The molecule has 6 nitrogen and oxygen atoms in total. The maximum atomic E-state index is 12.8. The van der Waals surface area contributed by atoms with Crippen molar-refractivity contribution in [2.45, 2.75) is 13.0 Å². The van der Waals surface area contributed by atoms with Gasteiger partial charge in [-0.15, -0.1) is 0 Å². The predicted octanol–water partition coefficient (Wildman–Crippen LogP) is 2.75. The Morgan fingerprint density at radius 2 is 1.92 bits per heavy atom. The van der Waals surface area contributed by atoms with E-state index in [1.807, 2.05) is 0 Å². The van der Waals surface area contributed by atoms with Gasteiger partial charge in [-0.2, -0.15) is 13.2 Å². The molecular weight excluding hydrogens is 348 g/mol. The molecule has 0 saturated carbocycles. The summed E-state index contributed by atoms with van der Waals surface area (Å²) in [6, 6.07) is 5.82. The minimum Gasteiger partial charge on any atom is -0.432 e. The minimum atomic E-state index is -4.47. The van der Waals surface area contributed by atoms with E-state index in [9.17, 15) is 23.3 Å². The van der Waals surface area contributed by atoms with Gasteiger partial charge in [0.05, 0.1) is 29.8 Å². The average molecular weight is 366 g/mol. The summed E-state index contributed by atoms with van der Waals surface area (Å²) in [5.74, 6) is 0.151. The summed E-state index contributed by atoms with van der Waals surface area (Å²) in [6.07, 6.45) is -3.01. The first kappa shape index (κ1) is 19.7. The van der Waals surface area contributed by atoms with Crippen LogP contribution in [0.25, 0.3) is 0 Å². The van der Waals surface area contributed by atoms with Gasteiger partial charge < -0.3 is 25.7 Å². The van der Waals surface area contributed by atoms with E-state index in [1.54, 1.807) is 13.1 Å². The SMILES string of the molecule is CNc1cnc(N(B(C)O)c2ccc(C(F)(F)F)cc2)c(C(=N)CO)c1. The molecule has 0 aliphatic carbocycles. The lowest BCUT2D eigenvalue weighted by Gasteiger charge is -2.27. The molecule has 0 aliphatic heterocycles. The number of nitrogens with one attached hydrogen (secondary N) is 2. The highest BCUT2D eigenvalue weighted by atomic mass is 19.4. The number of anilines is 3. The van der Waals surface area contributed by atoms with Crippen molar-refractivity contribution in [3.05, 3.63) is 47.7 Å². The van der Waals surface area contributed by atoms with E-state index in [-0.39, 0.29) is 22.8 Å². The number of hydrogen-bond donors (Lipinski definition) is 4. The summed E-state index contributed by atoms with van der Waals surface area (Å²) in [6.45, 7) is 0.875. The van der Waals surface area contributed by atoms with Crippen LogP contribution in [0.3, 0.4) is 0 Å². The van der Waals surface area contributed by atoms with Crippen molar-refractivity contribution in [3.8, 4) is 0 Å². The zero-order valence-corrected chi connectivity index (χ0v) is 14.2. The molecule has 10 heteroatoms. The normalized spacial score (nSPS) is 11.2. The molecule has 1 heterocycles. The van der Waals surface area contributed by atoms with Crippen LogP contribution in [-0.4, -0.2) is 41.5 Å². The molecule has 2 aromatic rings. The van der Waals surface area contributed by atoms with Crippen molar-refractivity contribution >= 4 is 30.0 Å². The van der Waals surface area contributed by atoms with Gasteiger partial charge in [0.15, 0.2) is 0 Å². The highest BCUT2D eigenvalue weighted by Gasteiger charge is 2.31. The van der Waals surface area contributed by atoms with Gasteiger partial charge in [0.1, 0.15) is 5.82 Å². The number of aliphatic hydroxyl groups is 1. The Morgan fingerprint density at radius 1 is 1.31 bits per heavy atom. The van der Waals surface area contributed by atoms with E-state index < -0.39 is 25.4 Å². The number of hydrogen-bond acceptors (Lipinski definition) is 6. The third-order valence-corrected chi connectivity index (χ3v) is 3.71. The Hall–Kier alpha value is -2.59. The van der Waals surface area contributed by atoms with Crippen molar-refractivity contribution in [2.24, 2.45) is 0 Å². The van der Waals surface area contributed by atoms with E-state index in [2.05, 4.69) is 10.3 Å². The standard InChI is InChI=1S/C16H18BF3N4O2/c1-17(26)24(12-5-3-10(4-6-12)16(18,19)20)15-13(14(21)9-25)7-11(22-2)8-23-15/h3-8,21-22,25-26H,9H2,1-2H3. The fraction of sp³-hybridized carbons (Fsp3) is 0.250. The fourth-order valence-corrected chi connectivity index (χ4v) is 2.42. The second-order valence-electron chi connectivity index (χ2n) is 5.53. The van der Waals surface area contributed by atoms with E-state index in [0.29, 0.717) is 5.69 Å². The van der Waals surface area contributed by atoms with Crippen LogP contribution in [0.2, 0.25) is 6.82 Å². The molecule has 0 atom stereocenters. The maximum absolute atomic E-state index is 12.8. The van der Waals surface area contributed by atoms with Crippen LogP contribution >= 0.6 is 0 Å². The first-order valence-electron chi connectivity index (χ1n) is 7.70. The summed E-state index contributed by atoms with van der Waals surface area (Å²) in [5, 5.41) is 30.3. The van der Waals surface area contributed by atoms with Crippen LogP contribution < -0.4 is 10.1 Å². The van der Waals surface area contributed by atoms with Crippen LogP contribution in [0.15, 0.2) is 36.5 Å². The Balaban J connectivity index is 2.56. The van der Waals surface area contributed by atoms with Crippen LogP contribution in [0.5, 0.6) is 0 Å². The molecule has 2 rings (SSSR count). The Labute approximate surface area is 148 Å². The Morgan fingerprint density at radius 3 is 2.38 bits per heavy atom. The molecule has 0 spiro atoms. The monoisotopic (exact) mass is 366 g/mol. The lowest BCUT2D eigenvalue weighted by Crippen LogP contribution is -2.35. The second-order valence-corrected chi connectivity index (χ2v) is 5.53. The molecule has 26 heavy (non-hydrogen) atoms. The Bertz CT molecular complexity index is 782. The number of halogens is 3. The summed E-state index contributed by atoms with van der Waals surface area (Å²) < 4.78 is 38.3. The lowest BCUT2D eigenvalue weighted by molar-refractivity contribution is -0.137. The molecule has 0 saturated heterocycles. The van der Waals surface area contributed by atoms with Crippen LogP contribution in [0, 0.1) is 5.41 Å². The van der Waals surface area contributed by atoms with Gasteiger partial charge in [-0.05, 0) is 37.2 Å². The van der Waals surface area contributed by atoms with Gasteiger partial charge in [0.2, 0.25) is 0 Å². The molecule has 4 N–H and O–H groups in total. The molecule has 0 aliphatic rings. The molecular formula is C16H18BF3N4O2. The van der Waals surface area contributed by atoms with Crippen molar-refractivity contribution < 1.29 is 23.3 Å². The van der Waals surface area contributed by atoms with Gasteiger partial charge in [-0.3, -0.25) is 0 Å². The van der Waals surface area contributed by atoms with Crippen molar-refractivity contribution in [1.82, 2.24) is 4.98 Å². The highest BCUT2D eigenvalue weighted by molar-refractivity contribution is 6.56. The maximum Gasteiger partial charge on any atom is 0.416 e. The average Bonchev–Trinajstić information content (AvgIpc) is 2.61. The van der Waals surface area contributed by atoms with E-state index in [0.717, 1.165) is 12.1 Å². The highest BCUT2D eigenvalue weighted by Crippen LogP contribution is 2.33. The van der Waals surface area contributed by atoms with Crippen LogP contribution in [0.4, 0.5) is 30.4 Å². The lowest BCUT2D eigenvalue weighted by atomic mass is 9.83. The molecule has 0 unspecified atom stereocenters. The molecule has 1 aromatic carbocycles. The zero-order valence-electron chi connectivity index (χ0n) is 14.2. The second kappa shape index (κ2) is 7.75. The van der Waals surface area contributed by atoms with Crippen LogP contribution in [0.1, 0.15) is 11.1 Å². The summed E-state index contributed by atoms with van der Waals surface area (Å²) in [4.78, 5) is 5.51. The van der Waals surface area contributed by atoms with E-state index in [4.69, 9.17) is 5.41 Å². The first-order valence-corrected chi connectivity index (χ1v) is 7.70. The van der Waals surface area contributed by atoms with Crippen molar-refractivity contribution in [1.29, 1.82) is 5.41 Å². The number of nitrogens with zero attached hydrogens (tertiary/aromatic N) is 2. The zero-order chi connectivity index (χ0) is 19.5. The quantitative estimate of drug-likeness (QED) is 0.466. The molecule has 0 radical (unpaired) electrons. The summed E-state index contributed by atoms with van der Waals surface area (Å²) >= 11 is 0. The third-order valence-electron chi connectivity index (χ3n) is 3.71. The minimum absolute atomic E-state index is 0.137. The largest absolute Gasteiger partial charge is 0.432 e.